The molecule has 1 saturated carbocycles. The SMILES string of the molecule is CNC1(CO)CCC(N(C)CC(F)F)C1. The summed E-state index contributed by atoms with van der Waals surface area (Å²) in [5.74, 6) is 0. The van der Waals surface area contributed by atoms with Crippen LogP contribution in [0.25, 0.3) is 0 Å². The first-order chi connectivity index (χ1) is 7.03. The van der Waals surface area contributed by atoms with Gasteiger partial charge in [0, 0.05) is 11.6 Å². The summed E-state index contributed by atoms with van der Waals surface area (Å²) < 4.78 is 24.4. The lowest BCUT2D eigenvalue weighted by atomic mass is 9.99. The number of alkyl halides is 2. The summed E-state index contributed by atoms with van der Waals surface area (Å²) in [5.41, 5.74) is -0.263. The van der Waals surface area contributed by atoms with Crippen LogP contribution in [0.5, 0.6) is 0 Å². The molecule has 3 nitrogen and oxygen atoms in total. The van der Waals surface area contributed by atoms with Crippen molar-refractivity contribution < 1.29 is 13.9 Å². The molecule has 90 valence electrons. The summed E-state index contributed by atoms with van der Waals surface area (Å²) in [7, 11) is 3.53. The van der Waals surface area contributed by atoms with E-state index in [1.807, 2.05) is 7.05 Å². The molecule has 0 radical (unpaired) electrons. The van der Waals surface area contributed by atoms with Gasteiger partial charge in [0.25, 0.3) is 6.43 Å². The molecule has 5 heteroatoms. The maximum Gasteiger partial charge on any atom is 0.251 e. The van der Waals surface area contributed by atoms with Crippen molar-refractivity contribution in [3.8, 4) is 0 Å². The normalized spacial score (nSPS) is 31.8. The van der Waals surface area contributed by atoms with E-state index < -0.39 is 6.43 Å². The molecule has 1 aliphatic carbocycles. The summed E-state index contributed by atoms with van der Waals surface area (Å²) in [6.07, 6.45) is 0.167. The molecule has 0 spiro atoms. The molecule has 0 aliphatic heterocycles. The fourth-order valence-corrected chi connectivity index (χ4v) is 2.29. The average molecular weight is 222 g/mol. The number of hydrogen-bond donors (Lipinski definition) is 2. The van der Waals surface area contributed by atoms with Gasteiger partial charge in [-0.15, -0.1) is 0 Å². The maximum atomic E-state index is 12.2. The standard InChI is InChI=1S/C10H20F2N2O/c1-13-10(7-15)4-3-8(5-10)14(2)6-9(11)12/h8-9,13,15H,3-7H2,1-2H3. The number of aliphatic hydroxyl groups excluding tert-OH is 1. The molecular weight excluding hydrogens is 202 g/mol. The lowest BCUT2D eigenvalue weighted by molar-refractivity contribution is 0.0774. The molecule has 1 aliphatic rings. The van der Waals surface area contributed by atoms with Gasteiger partial charge < -0.3 is 10.4 Å². The maximum absolute atomic E-state index is 12.2. The molecule has 0 saturated heterocycles. The van der Waals surface area contributed by atoms with Gasteiger partial charge in [0.05, 0.1) is 13.2 Å². The van der Waals surface area contributed by atoms with Crippen molar-refractivity contribution in [2.24, 2.45) is 0 Å². The van der Waals surface area contributed by atoms with Crippen LogP contribution in [0, 0.1) is 0 Å². The van der Waals surface area contributed by atoms with Gasteiger partial charge in [-0.25, -0.2) is 8.78 Å². The molecule has 0 aromatic carbocycles. The van der Waals surface area contributed by atoms with Crippen LogP contribution < -0.4 is 5.32 Å². The van der Waals surface area contributed by atoms with E-state index in [2.05, 4.69) is 5.32 Å². The third kappa shape index (κ3) is 3.09. The molecule has 0 aromatic rings. The van der Waals surface area contributed by atoms with Crippen LogP contribution in [0.1, 0.15) is 19.3 Å². The summed E-state index contributed by atoms with van der Waals surface area (Å²) in [4.78, 5) is 1.69. The summed E-state index contributed by atoms with van der Waals surface area (Å²) >= 11 is 0. The number of aliphatic hydroxyl groups is 1. The summed E-state index contributed by atoms with van der Waals surface area (Å²) in [6, 6.07) is 0.151. The van der Waals surface area contributed by atoms with Crippen molar-refractivity contribution in [2.45, 2.75) is 37.3 Å². The Hall–Kier alpha value is -0.260. The second-order valence-corrected chi connectivity index (χ2v) is 4.42. The average Bonchev–Trinajstić information content (AvgIpc) is 2.62. The zero-order chi connectivity index (χ0) is 11.5. The largest absolute Gasteiger partial charge is 0.394 e. The number of hydrogen-bond acceptors (Lipinski definition) is 3. The van der Waals surface area contributed by atoms with Crippen molar-refractivity contribution in [3.05, 3.63) is 0 Å². The summed E-state index contributed by atoms with van der Waals surface area (Å²) in [5, 5.41) is 12.4. The number of likely N-dealkylation sites (N-methyl/N-ethyl adjacent to an activating group) is 1. The van der Waals surface area contributed by atoms with E-state index in [9.17, 15) is 13.9 Å². The topological polar surface area (TPSA) is 35.5 Å². The lowest BCUT2D eigenvalue weighted by Gasteiger charge is -2.29. The first-order valence-electron chi connectivity index (χ1n) is 5.31. The Bertz CT molecular complexity index is 198. The Morgan fingerprint density at radius 2 is 2.27 bits per heavy atom. The highest BCUT2D eigenvalue weighted by atomic mass is 19.3. The quantitative estimate of drug-likeness (QED) is 0.718. The van der Waals surface area contributed by atoms with E-state index >= 15 is 0 Å². The molecule has 15 heavy (non-hydrogen) atoms. The van der Waals surface area contributed by atoms with Gasteiger partial charge in [-0.05, 0) is 33.4 Å². The van der Waals surface area contributed by atoms with Crippen LogP contribution in [0.3, 0.4) is 0 Å². The van der Waals surface area contributed by atoms with Gasteiger partial charge >= 0.3 is 0 Å². The highest BCUT2D eigenvalue weighted by Crippen LogP contribution is 2.32. The second kappa shape index (κ2) is 5.18. The second-order valence-electron chi connectivity index (χ2n) is 4.42. The third-order valence-electron chi connectivity index (χ3n) is 3.46. The molecule has 0 bridgehead atoms. The number of nitrogens with zero attached hydrogens (tertiary/aromatic N) is 1. The first kappa shape index (κ1) is 12.8. The molecule has 2 atom stereocenters. The minimum atomic E-state index is -2.28. The van der Waals surface area contributed by atoms with E-state index in [4.69, 9.17) is 0 Å². The Kier molecular flexibility index (Phi) is 4.43. The van der Waals surface area contributed by atoms with E-state index in [0.29, 0.717) is 0 Å². The first-order valence-corrected chi connectivity index (χ1v) is 5.31. The molecule has 1 rings (SSSR count). The zero-order valence-electron chi connectivity index (χ0n) is 9.34. The van der Waals surface area contributed by atoms with E-state index in [1.165, 1.54) is 0 Å². The van der Waals surface area contributed by atoms with Gasteiger partial charge in [0.2, 0.25) is 0 Å². The van der Waals surface area contributed by atoms with Crippen molar-refractivity contribution in [2.75, 3.05) is 27.2 Å². The van der Waals surface area contributed by atoms with Crippen LogP contribution >= 0.6 is 0 Å². The molecule has 0 heterocycles. The minimum Gasteiger partial charge on any atom is -0.394 e. The Morgan fingerprint density at radius 1 is 1.60 bits per heavy atom. The lowest BCUT2D eigenvalue weighted by Crippen LogP contribution is -2.46. The molecular formula is C10H20F2N2O. The van der Waals surface area contributed by atoms with Crippen LogP contribution in [0.2, 0.25) is 0 Å². The predicted octanol–water partition coefficient (Wildman–Crippen LogP) is 0.686. The molecule has 1 fully saturated rings. The van der Waals surface area contributed by atoms with E-state index in [0.717, 1.165) is 19.3 Å². The van der Waals surface area contributed by atoms with Crippen molar-refractivity contribution in [1.29, 1.82) is 0 Å². The highest BCUT2D eigenvalue weighted by Gasteiger charge is 2.39. The van der Waals surface area contributed by atoms with Crippen molar-refractivity contribution in [3.63, 3.8) is 0 Å². The molecule has 2 N–H and O–H groups in total. The van der Waals surface area contributed by atoms with Gasteiger partial charge in [0.1, 0.15) is 0 Å². The third-order valence-corrected chi connectivity index (χ3v) is 3.46. The number of rotatable bonds is 5. The fourth-order valence-electron chi connectivity index (χ4n) is 2.29. The Balaban J connectivity index is 2.47. The van der Waals surface area contributed by atoms with Gasteiger partial charge in [-0.3, -0.25) is 4.90 Å². The van der Waals surface area contributed by atoms with E-state index in [1.54, 1.807) is 11.9 Å². The van der Waals surface area contributed by atoms with Crippen molar-refractivity contribution >= 4 is 0 Å². The minimum absolute atomic E-state index is 0.0719. The Morgan fingerprint density at radius 3 is 2.67 bits per heavy atom. The van der Waals surface area contributed by atoms with Crippen LogP contribution in [-0.2, 0) is 0 Å². The Labute approximate surface area is 89.5 Å². The van der Waals surface area contributed by atoms with E-state index in [-0.39, 0.29) is 24.7 Å². The summed E-state index contributed by atoms with van der Waals surface area (Å²) in [6.45, 7) is -0.113. The molecule has 0 amide bonds. The van der Waals surface area contributed by atoms with Crippen LogP contribution in [0.15, 0.2) is 0 Å². The predicted molar refractivity (Wildman–Crippen MR) is 55.1 cm³/mol. The molecule has 0 aromatic heterocycles. The number of halogens is 2. The zero-order valence-corrected chi connectivity index (χ0v) is 9.34. The smallest absolute Gasteiger partial charge is 0.251 e. The van der Waals surface area contributed by atoms with Crippen LogP contribution in [-0.4, -0.2) is 55.3 Å². The molecule has 2 unspecified atom stereocenters. The monoisotopic (exact) mass is 222 g/mol. The van der Waals surface area contributed by atoms with Gasteiger partial charge in [-0.2, -0.15) is 0 Å². The van der Waals surface area contributed by atoms with Gasteiger partial charge in [-0.1, -0.05) is 0 Å². The fraction of sp³-hybridized carbons (Fsp3) is 1.00. The van der Waals surface area contributed by atoms with Gasteiger partial charge in [0.15, 0.2) is 0 Å². The highest BCUT2D eigenvalue weighted by molar-refractivity contribution is 4.98. The van der Waals surface area contributed by atoms with Crippen LogP contribution in [0.4, 0.5) is 8.78 Å². The van der Waals surface area contributed by atoms with Crippen molar-refractivity contribution in [1.82, 2.24) is 10.2 Å². The number of nitrogens with one attached hydrogen (secondary N) is 1.